The predicted octanol–water partition coefficient (Wildman–Crippen LogP) is 1.52. The van der Waals surface area contributed by atoms with Crippen LogP contribution in [0, 0.1) is 13.8 Å². The molecule has 0 unspecified atom stereocenters. The van der Waals surface area contributed by atoms with Crippen molar-refractivity contribution < 1.29 is 24.2 Å². The third kappa shape index (κ3) is 4.48. The molecule has 8 nitrogen and oxygen atoms in total. The first-order valence-electron chi connectivity index (χ1n) is 7.24. The second kappa shape index (κ2) is 7.49. The van der Waals surface area contributed by atoms with Crippen molar-refractivity contribution in [1.29, 1.82) is 0 Å². The fourth-order valence-corrected chi connectivity index (χ4v) is 2.11. The van der Waals surface area contributed by atoms with Crippen LogP contribution >= 0.6 is 0 Å². The second-order valence-corrected chi connectivity index (χ2v) is 5.17. The molecular formula is C16H19N3O5. The fourth-order valence-electron chi connectivity index (χ4n) is 2.11. The van der Waals surface area contributed by atoms with Crippen LogP contribution in [0.3, 0.4) is 0 Å². The Morgan fingerprint density at radius 2 is 2.00 bits per heavy atom. The lowest BCUT2D eigenvalue weighted by Gasteiger charge is -2.09. The number of amides is 1. The Morgan fingerprint density at radius 3 is 2.62 bits per heavy atom. The topological polar surface area (TPSA) is 103 Å². The Hall–Kier alpha value is -3.03. The van der Waals surface area contributed by atoms with Crippen molar-refractivity contribution in [3.05, 3.63) is 35.7 Å². The van der Waals surface area contributed by atoms with E-state index >= 15 is 0 Å². The maximum Gasteiger partial charge on any atom is 0.341 e. The number of ether oxygens (including phenoxy) is 2. The molecule has 1 aromatic heterocycles. The minimum absolute atomic E-state index is 0.159. The molecule has 0 bridgehead atoms. The van der Waals surface area contributed by atoms with Gasteiger partial charge in [-0.2, -0.15) is 5.10 Å². The summed E-state index contributed by atoms with van der Waals surface area (Å²) in [6.45, 7) is 3.06. The van der Waals surface area contributed by atoms with E-state index in [0.29, 0.717) is 22.9 Å². The second-order valence-electron chi connectivity index (χ2n) is 5.17. The molecule has 0 saturated carbocycles. The van der Waals surface area contributed by atoms with Crippen molar-refractivity contribution >= 4 is 17.6 Å². The number of rotatable bonds is 7. The highest BCUT2D eigenvalue weighted by molar-refractivity contribution is 5.92. The molecule has 0 atom stereocenters. The van der Waals surface area contributed by atoms with Crippen molar-refractivity contribution in [1.82, 2.24) is 9.78 Å². The number of hydrogen-bond donors (Lipinski definition) is 2. The summed E-state index contributed by atoms with van der Waals surface area (Å²) in [6.07, 6.45) is 0. The van der Waals surface area contributed by atoms with Crippen molar-refractivity contribution in [2.24, 2.45) is 7.05 Å². The highest BCUT2D eigenvalue weighted by atomic mass is 16.5. The molecule has 0 aliphatic carbocycles. The number of aromatic nitrogens is 2. The monoisotopic (exact) mass is 333 g/mol. The average Bonchev–Trinajstić information content (AvgIpc) is 2.76. The minimum atomic E-state index is -1.07. The molecular weight excluding hydrogens is 314 g/mol. The lowest BCUT2D eigenvalue weighted by Crippen LogP contribution is -2.20. The summed E-state index contributed by atoms with van der Waals surface area (Å²) in [5.41, 5.74) is 2.04. The van der Waals surface area contributed by atoms with E-state index in [0.717, 1.165) is 5.69 Å². The molecule has 1 amide bonds. The quantitative estimate of drug-likeness (QED) is 0.796. The summed E-state index contributed by atoms with van der Waals surface area (Å²) < 4.78 is 12.3. The van der Waals surface area contributed by atoms with Gasteiger partial charge in [0.25, 0.3) is 5.91 Å². The van der Waals surface area contributed by atoms with Gasteiger partial charge in [0.15, 0.2) is 19.0 Å². The van der Waals surface area contributed by atoms with Gasteiger partial charge in [-0.1, -0.05) is 6.07 Å². The summed E-state index contributed by atoms with van der Waals surface area (Å²) in [6, 6.07) is 6.48. The van der Waals surface area contributed by atoms with Crippen molar-refractivity contribution in [3.8, 4) is 11.5 Å². The summed E-state index contributed by atoms with van der Waals surface area (Å²) in [5.74, 6) is -0.464. The normalized spacial score (nSPS) is 10.3. The van der Waals surface area contributed by atoms with Crippen molar-refractivity contribution in [3.63, 3.8) is 0 Å². The molecule has 1 aromatic carbocycles. The van der Waals surface area contributed by atoms with E-state index in [1.807, 2.05) is 13.8 Å². The number of nitrogens with one attached hydrogen (secondary N) is 1. The molecule has 8 heteroatoms. The first kappa shape index (κ1) is 17.3. The van der Waals surface area contributed by atoms with Crippen LogP contribution in [0.15, 0.2) is 24.3 Å². The maximum atomic E-state index is 12.0. The van der Waals surface area contributed by atoms with Crippen LogP contribution in [0.2, 0.25) is 0 Å². The summed E-state index contributed by atoms with van der Waals surface area (Å²) in [5, 5.41) is 15.5. The van der Waals surface area contributed by atoms with Gasteiger partial charge in [-0.05, 0) is 26.0 Å². The highest BCUT2D eigenvalue weighted by Gasteiger charge is 2.12. The van der Waals surface area contributed by atoms with Crippen LogP contribution in [0.25, 0.3) is 0 Å². The Kier molecular flexibility index (Phi) is 5.41. The van der Waals surface area contributed by atoms with Crippen LogP contribution in [-0.2, 0) is 16.6 Å². The van der Waals surface area contributed by atoms with Gasteiger partial charge in [0.05, 0.1) is 5.69 Å². The van der Waals surface area contributed by atoms with E-state index in [2.05, 4.69) is 10.4 Å². The Bertz CT molecular complexity index is 754. The number of anilines is 1. The van der Waals surface area contributed by atoms with Crippen LogP contribution in [0.4, 0.5) is 5.69 Å². The Morgan fingerprint density at radius 1 is 1.25 bits per heavy atom. The molecule has 0 aliphatic rings. The molecule has 1 heterocycles. The molecule has 0 radical (unpaired) electrons. The molecule has 0 saturated heterocycles. The van der Waals surface area contributed by atoms with Gasteiger partial charge in [0.2, 0.25) is 0 Å². The minimum Gasteiger partial charge on any atom is -0.482 e. The zero-order chi connectivity index (χ0) is 17.7. The van der Waals surface area contributed by atoms with Crippen LogP contribution in [0.1, 0.15) is 11.4 Å². The van der Waals surface area contributed by atoms with E-state index in [9.17, 15) is 9.59 Å². The zero-order valence-electron chi connectivity index (χ0n) is 13.7. The number of aryl methyl sites for hydroxylation is 2. The number of carboxylic acid groups (broad SMARTS) is 1. The number of benzene rings is 1. The van der Waals surface area contributed by atoms with Gasteiger partial charge in [-0.3, -0.25) is 9.48 Å². The lowest BCUT2D eigenvalue weighted by atomic mass is 10.3. The first-order chi connectivity index (χ1) is 11.4. The largest absolute Gasteiger partial charge is 0.482 e. The van der Waals surface area contributed by atoms with Gasteiger partial charge in [0, 0.05) is 18.8 Å². The third-order valence-electron chi connectivity index (χ3n) is 3.27. The molecule has 0 aliphatic heterocycles. The number of nitrogens with zero attached hydrogens (tertiary/aromatic N) is 2. The van der Waals surface area contributed by atoms with E-state index in [1.54, 1.807) is 36.0 Å². The lowest BCUT2D eigenvalue weighted by molar-refractivity contribution is -0.139. The summed E-state index contributed by atoms with van der Waals surface area (Å²) >= 11 is 0. The molecule has 0 spiro atoms. The Balaban J connectivity index is 1.92. The zero-order valence-corrected chi connectivity index (χ0v) is 13.7. The molecule has 2 rings (SSSR count). The number of aliphatic carboxylic acids is 1. The number of carboxylic acids is 1. The van der Waals surface area contributed by atoms with Gasteiger partial charge in [-0.25, -0.2) is 4.79 Å². The van der Waals surface area contributed by atoms with E-state index < -0.39 is 12.6 Å². The van der Waals surface area contributed by atoms with E-state index in [-0.39, 0.29) is 12.5 Å². The predicted molar refractivity (Wildman–Crippen MR) is 86.4 cm³/mol. The number of carbonyl (C=O) groups excluding carboxylic acids is 1. The summed E-state index contributed by atoms with van der Waals surface area (Å²) in [4.78, 5) is 22.5. The molecule has 0 fully saturated rings. The van der Waals surface area contributed by atoms with Crippen molar-refractivity contribution in [2.45, 2.75) is 13.8 Å². The third-order valence-corrected chi connectivity index (χ3v) is 3.27. The van der Waals surface area contributed by atoms with Crippen LogP contribution in [0.5, 0.6) is 11.5 Å². The van der Waals surface area contributed by atoms with E-state index in [4.69, 9.17) is 14.6 Å². The SMILES string of the molecule is Cc1nn(C)c(C)c1OCC(=O)Nc1cccc(OCC(=O)O)c1. The maximum absolute atomic E-state index is 12.0. The number of hydrogen-bond acceptors (Lipinski definition) is 5. The summed E-state index contributed by atoms with van der Waals surface area (Å²) in [7, 11) is 1.80. The van der Waals surface area contributed by atoms with Gasteiger partial charge in [0.1, 0.15) is 11.4 Å². The fraction of sp³-hybridized carbons (Fsp3) is 0.312. The molecule has 128 valence electrons. The van der Waals surface area contributed by atoms with Crippen LogP contribution < -0.4 is 14.8 Å². The smallest absolute Gasteiger partial charge is 0.341 e. The van der Waals surface area contributed by atoms with Crippen LogP contribution in [-0.4, -0.2) is 40.0 Å². The Labute approximate surface area is 139 Å². The average molecular weight is 333 g/mol. The van der Waals surface area contributed by atoms with Gasteiger partial charge >= 0.3 is 5.97 Å². The van der Waals surface area contributed by atoms with Gasteiger partial charge in [-0.15, -0.1) is 0 Å². The highest BCUT2D eigenvalue weighted by Crippen LogP contribution is 2.21. The standard InChI is InChI=1S/C16H19N3O5/c1-10-16(11(2)19(3)18-10)24-8-14(20)17-12-5-4-6-13(7-12)23-9-15(21)22/h4-7H,8-9H2,1-3H3,(H,17,20)(H,21,22). The molecule has 2 aromatic rings. The van der Waals surface area contributed by atoms with E-state index in [1.165, 1.54) is 0 Å². The first-order valence-corrected chi connectivity index (χ1v) is 7.24. The molecule has 2 N–H and O–H groups in total. The van der Waals surface area contributed by atoms with Gasteiger partial charge < -0.3 is 19.9 Å². The molecule has 24 heavy (non-hydrogen) atoms. The number of carbonyl (C=O) groups is 2. The van der Waals surface area contributed by atoms with Crippen molar-refractivity contribution in [2.75, 3.05) is 18.5 Å².